The van der Waals surface area contributed by atoms with Crippen LogP contribution in [-0.4, -0.2) is 52.9 Å². The van der Waals surface area contributed by atoms with Crippen molar-refractivity contribution in [1.82, 2.24) is 19.9 Å². The topological polar surface area (TPSA) is 88.2 Å². The molecule has 2 aromatic rings. The van der Waals surface area contributed by atoms with E-state index in [2.05, 4.69) is 15.0 Å². The second kappa shape index (κ2) is 6.82. The molecule has 7 nitrogen and oxygen atoms in total. The van der Waals surface area contributed by atoms with Crippen molar-refractivity contribution in [1.29, 1.82) is 0 Å². The van der Waals surface area contributed by atoms with Gasteiger partial charge in [-0.1, -0.05) is 0 Å². The lowest BCUT2D eigenvalue weighted by molar-refractivity contribution is 0.0706. The molecule has 0 aromatic carbocycles. The Labute approximate surface area is 141 Å². The summed E-state index contributed by atoms with van der Waals surface area (Å²) in [7, 11) is 3.82. The number of nitrogens with zero attached hydrogens (tertiary/aromatic N) is 5. The number of rotatable bonds is 3. The maximum atomic E-state index is 12.8. The fourth-order valence-corrected chi connectivity index (χ4v) is 3.00. The van der Waals surface area contributed by atoms with E-state index in [1.807, 2.05) is 36.0 Å². The van der Waals surface area contributed by atoms with Crippen LogP contribution in [0, 0.1) is 0 Å². The number of pyridine rings is 1. The van der Waals surface area contributed by atoms with Crippen molar-refractivity contribution in [3.05, 3.63) is 41.9 Å². The van der Waals surface area contributed by atoms with Gasteiger partial charge in [0.1, 0.15) is 5.82 Å². The van der Waals surface area contributed by atoms with Gasteiger partial charge in [-0.05, 0) is 31.0 Å². The first-order chi connectivity index (χ1) is 11.5. The zero-order valence-electron chi connectivity index (χ0n) is 14.0. The van der Waals surface area contributed by atoms with Crippen molar-refractivity contribution >= 4 is 17.7 Å². The summed E-state index contributed by atoms with van der Waals surface area (Å²) in [6.07, 6.45) is 5.30. The van der Waals surface area contributed by atoms with Gasteiger partial charge in [0.2, 0.25) is 5.95 Å². The molecule has 0 bridgehead atoms. The summed E-state index contributed by atoms with van der Waals surface area (Å²) >= 11 is 0. The minimum absolute atomic E-state index is 0.0345. The van der Waals surface area contributed by atoms with E-state index in [1.54, 1.807) is 18.5 Å². The molecule has 7 heteroatoms. The standard InChI is InChI=1S/C17H22N6O/c1-22(2)15-10-12(5-7-19-15)16(24)23-9-3-4-13(11-23)14-6-8-20-17(18)21-14/h5-8,10,13H,3-4,9,11H2,1-2H3,(H2,18,20,21). The number of likely N-dealkylation sites (tertiary alicyclic amines) is 1. The van der Waals surface area contributed by atoms with Crippen LogP contribution in [0.25, 0.3) is 0 Å². The fourth-order valence-electron chi connectivity index (χ4n) is 3.00. The molecular weight excluding hydrogens is 304 g/mol. The van der Waals surface area contributed by atoms with Crippen LogP contribution in [0.5, 0.6) is 0 Å². The number of hydrogen-bond donors (Lipinski definition) is 1. The monoisotopic (exact) mass is 326 g/mol. The third kappa shape index (κ3) is 3.45. The van der Waals surface area contributed by atoms with E-state index < -0.39 is 0 Å². The van der Waals surface area contributed by atoms with Gasteiger partial charge < -0.3 is 15.5 Å². The number of anilines is 2. The summed E-state index contributed by atoms with van der Waals surface area (Å²) in [6.45, 7) is 1.41. The van der Waals surface area contributed by atoms with Gasteiger partial charge in [0.15, 0.2) is 0 Å². The van der Waals surface area contributed by atoms with Gasteiger partial charge in [-0.25, -0.2) is 15.0 Å². The van der Waals surface area contributed by atoms with Gasteiger partial charge in [-0.15, -0.1) is 0 Å². The maximum Gasteiger partial charge on any atom is 0.254 e. The average Bonchev–Trinajstić information content (AvgIpc) is 2.61. The molecule has 2 aromatic heterocycles. The van der Waals surface area contributed by atoms with Crippen LogP contribution in [0.1, 0.15) is 34.8 Å². The molecule has 3 rings (SSSR count). The molecule has 1 saturated heterocycles. The largest absolute Gasteiger partial charge is 0.368 e. The summed E-state index contributed by atoms with van der Waals surface area (Å²) in [5.41, 5.74) is 7.25. The van der Waals surface area contributed by atoms with Gasteiger partial charge in [-0.3, -0.25) is 4.79 Å². The first kappa shape index (κ1) is 16.2. The highest BCUT2D eigenvalue weighted by atomic mass is 16.2. The molecule has 0 spiro atoms. The number of carbonyl (C=O) groups is 1. The van der Waals surface area contributed by atoms with Crippen LogP contribution in [0.2, 0.25) is 0 Å². The normalized spacial score (nSPS) is 17.6. The van der Waals surface area contributed by atoms with E-state index in [4.69, 9.17) is 5.73 Å². The van der Waals surface area contributed by atoms with Gasteiger partial charge >= 0.3 is 0 Å². The van der Waals surface area contributed by atoms with Crippen molar-refractivity contribution in [2.24, 2.45) is 0 Å². The van der Waals surface area contributed by atoms with Crippen LogP contribution in [0.4, 0.5) is 11.8 Å². The molecule has 3 heterocycles. The molecule has 24 heavy (non-hydrogen) atoms. The van der Waals surface area contributed by atoms with Crippen molar-refractivity contribution in [2.75, 3.05) is 37.8 Å². The lowest BCUT2D eigenvalue weighted by atomic mass is 9.94. The molecule has 1 atom stereocenters. The predicted molar refractivity (Wildman–Crippen MR) is 92.9 cm³/mol. The van der Waals surface area contributed by atoms with Gasteiger partial charge in [0.05, 0.1) is 5.69 Å². The molecule has 1 amide bonds. The summed E-state index contributed by atoms with van der Waals surface area (Å²) in [4.78, 5) is 29.1. The predicted octanol–water partition coefficient (Wildman–Crippen LogP) is 1.54. The third-order valence-corrected chi connectivity index (χ3v) is 4.27. The summed E-state index contributed by atoms with van der Waals surface area (Å²) < 4.78 is 0. The quantitative estimate of drug-likeness (QED) is 0.920. The van der Waals surface area contributed by atoms with E-state index in [1.165, 1.54) is 0 Å². The van der Waals surface area contributed by atoms with E-state index in [0.717, 1.165) is 30.9 Å². The van der Waals surface area contributed by atoms with E-state index >= 15 is 0 Å². The van der Waals surface area contributed by atoms with Crippen LogP contribution >= 0.6 is 0 Å². The first-order valence-corrected chi connectivity index (χ1v) is 8.05. The number of hydrogen-bond acceptors (Lipinski definition) is 6. The van der Waals surface area contributed by atoms with E-state index in [-0.39, 0.29) is 17.8 Å². The molecule has 0 aliphatic carbocycles. The van der Waals surface area contributed by atoms with Crippen LogP contribution in [-0.2, 0) is 0 Å². The number of amides is 1. The van der Waals surface area contributed by atoms with Gasteiger partial charge in [0, 0.05) is 51.1 Å². The van der Waals surface area contributed by atoms with Crippen molar-refractivity contribution in [2.45, 2.75) is 18.8 Å². The summed E-state index contributed by atoms with van der Waals surface area (Å²) in [6, 6.07) is 5.47. The van der Waals surface area contributed by atoms with Crippen LogP contribution in [0.15, 0.2) is 30.6 Å². The van der Waals surface area contributed by atoms with E-state index in [9.17, 15) is 4.79 Å². The smallest absolute Gasteiger partial charge is 0.254 e. The molecule has 2 N–H and O–H groups in total. The highest BCUT2D eigenvalue weighted by Crippen LogP contribution is 2.27. The maximum absolute atomic E-state index is 12.8. The fraction of sp³-hybridized carbons (Fsp3) is 0.412. The lowest BCUT2D eigenvalue weighted by Gasteiger charge is -2.32. The molecule has 0 saturated carbocycles. The van der Waals surface area contributed by atoms with E-state index in [0.29, 0.717) is 12.1 Å². The molecule has 1 unspecified atom stereocenters. The summed E-state index contributed by atoms with van der Waals surface area (Å²) in [5.74, 6) is 1.29. The Balaban J connectivity index is 1.77. The Morgan fingerprint density at radius 2 is 2.08 bits per heavy atom. The molecular formula is C17H22N6O. The average molecular weight is 326 g/mol. The molecule has 0 radical (unpaired) electrons. The first-order valence-electron chi connectivity index (χ1n) is 8.05. The highest BCUT2D eigenvalue weighted by Gasteiger charge is 2.26. The highest BCUT2D eigenvalue weighted by molar-refractivity contribution is 5.95. The molecule has 126 valence electrons. The second-order valence-electron chi connectivity index (χ2n) is 6.23. The Hall–Kier alpha value is -2.70. The number of nitrogens with two attached hydrogens (primary N) is 1. The van der Waals surface area contributed by atoms with Gasteiger partial charge in [-0.2, -0.15) is 0 Å². The minimum atomic E-state index is 0.0345. The zero-order chi connectivity index (χ0) is 17.1. The Kier molecular flexibility index (Phi) is 4.59. The summed E-state index contributed by atoms with van der Waals surface area (Å²) in [5, 5.41) is 0. The Morgan fingerprint density at radius 3 is 2.83 bits per heavy atom. The van der Waals surface area contributed by atoms with Crippen LogP contribution in [0.3, 0.4) is 0 Å². The van der Waals surface area contributed by atoms with Crippen molar-refractivity contribution < 1.29 is 4.79 Å². The van der Waals surface area contributed by atoms with Crippen molar-refractivity contribution in [3.63, 3.8) is 0 Å². The molecule has 1 aliphatic heterocycles. The minimum Gasteiger partial charge on any atom is -0.368 e. The Bertz CT molecular complexity index is 733. The SMILES string of the molecule is CN(C)c1cc(C(=O)N2CCCC(c3ccnc(N)n3)C2)ccn1. The number of nitrogen functional groups attached to an aromatic ring is 1. The molecule has 1 fully saturated rings. The van der Waals surface area contributed by atoms with Gasteiger partial charge in [0.25, 0.3) is 5.91 Å². The number of piperidine rings is 1. The number of aromatic nitrogens is 3. The van der Waals surface area contributed by atoms with Crippen LogP contribution < -0.4 is 10.6 Å². The zero-order valence-corrected chi connectivity index (χ0v) is 14.0. The Morgan fingerprint density at radius 1 is 1.29 bits per heavy atom. The third-order valence-electron chi connectivity index (χ3n) is 4.27. The lowest BCUT2D eigenvalue weighted by Crippen LogP contribution is -2.39. The van der Waals surface area contributed by atoms with Crippen molar-refractivity contribution in [3.8, 4) is 0 Å². The molecule has 1 aliphatic rings. The number of carbonyl (C=O) groups excluding carboxylic acids is 1. The second-order valence-corrected chi connectivity index (χ2v) is 6.23.